The third-order valence-electron chi connectivity index (χ3n) is 2.43. The van der Waals surface area contributed by atoms with E-state index in [-0.39, 0.29) is 27.3 Å². The van der Waals surface area contributed by atoms with Crippen LogP contribution in [0.15, 0.2) is 18.2 Å². The highest BCUT2D eigenvalue weighted by Crippen LogP contribution is 2.29. The largest absolute Gasteiger partial charge is 0.478 e. The van der Waals surface area contributed by atoms with Crippen LogP contribution < -0.4 is 0 Å². The van der Waals surface area contributed by atoms with Gasteiger partial charge in [-0.3, -0.25) is 10.1 Å². The van der Waals surface area contributed by atoms with E-state index in [1.807, 2.05) is 0 Å². The van der Waals surface area contributed by atoms with E-state index >= 15 is 0 Å². The molecule has 2 rings (SSSR count). The molecule has 7 heteroatoms. The number of nitro benzene ring substituents is 1. The third kappa shape index (κ3) is 1.98. The van der Waals surface area contributed by atoms with E-state index < -0.39 is 10.9 Å². The second kappa shape index (κ2) is 4.23. The summed E-state index contributed by atoms with van der Waals surface area (Å²) >= 11 is 5.69. The molecule has 92 valence electrons. The first-order chi connectivity index (χ1) is 8.40. The predicted octanol–water partition coefficient (Wildman–Crippen LogP) is 2.80. The Hall–Kier alpha value is -2.21. The van der Waals surface area contributed by atoms with Crippen molar-refractivity contribution in [3.63, 3.8) is 0 Å². The molecule has 1 aromatic heterocycles. The number of aromatic nitrogens is 1. The van der Waals surface area contributed by atoms with Gasteiger partial charge in [0.15, 0.2) is 5.52 Å². The van der Waals surface area contributed by atoms with Crippen molar-refractivity contribution < 1.29 is 14.8 Å². The van der Waals surface area contributed by atoms with Crippen LogP contribution >= 0.6 is 11.6 Å². The molecule has 0 saturated carbocycles. The monoisotopic (exact) mass is 266 g/mol. The number of aryl methyl sites for hydroxylation is 1. The number of fused-ring (bicyclic) bond motifs is 1. The van der Waals surface area contributed by atoms with Crippen molar-refractivity contribution in [3.05, 3.63) is 44.6 Å². The Morgan fingerprint density at radius 1 is 1.44 bits per heavy atom. The van der Waals surface area contributed by atoms with Gasteiger partial charge in [0.05, 0.1) is 10.5 Å². The van der Waals surface area contributed by atoms with Crippen LogP contribution in [0.1, 0.15) is 15.9 Å². The maximum Gasteiger partial charge on any atom is 0.336 e. The summed E-state index contributed by atoms with van der Waals surface area (Å²) in [5.41, 5.74) is 0.211. The van der Waals surface area contributed by atoms with Gasteiger partial charge in [0.1, 0.15) is 5.15 Å². The lowest BCUT2D eigenvalue weighted by Gasteiger charge is -2.05. The normalized spacial score (nSPS) is 10.6. The smallest absolute Gasteiger partial charge is 0.336 e. The van der Waals surface area contributed by atoms with Crippen LogP contribution in [0.25, 0.3) is 10.9 Å². The summed E-state index contributed by atoms with van der Waals surface area (Å²) < 4.78 is 0. The molecule has 0 aliphatic rings. The lowest BCUT2D eigenvalue weighted by atomic mass is 10.1. The molecule has 0 aliphatic heterocycles. The molecule has 0 radical (unpaired) electrons. The van der Waals surface area contributed by atoms with E-state index in [2.05, 4.69) is 4.98 Å². The lowest BCUT2D eigenvalue weighted by Crippen LogP contribution is -2.01. The van der Waals surface area contributed by atoms with Crippen LogP contribution in [0.4, 0.5) is 5.69 Å². The number of halogens is 1. The van der Waals surface area contributed by atoms with Gasteiger partial charge in [0.2, 0.25) is 0 Å². The molecule has 18 heavy (non-hydrogen) atoms. The molecule has 0 aliphatic carbocycles. The first kappa shape index (κ1) is 12.3. The van der Waals surface area contributed by atoms with Crippen LogP contribution in [0.2, 0.25) is 5.15 Å². The van der Waals surface area contributed by atoms with E-state index in [0.717, 1.165) is 0 Å². The summed E-state index contributed by atoms with van der Waals surface area (Å²) in [5.74, 6) is -1.20. The summed E-state index contributed by atoms with van der Waals surface area (Å²) in [6.07, 6.45) is 0. The molecule has 0 unspecified atom stereocenters. The number of aromatic carboxylic acids is 1. The number of pyridine rings is 1. The van der Waals surface area contributed by atoms with Crippen molar-refractivity contribution in [3.8, 4) is 0 Å². The summed E-state index contributed by atoms with van der Waals surface area (Å²) in [7, 11) is 0. The van der Waals surface area contributed by atoms with E-state index in [4.69, 9.17) is 16.7 Å². The molecule has 0 fully saturated rings. The Morgan fingerprint density at radius 3 is 2.67 bits per heavy atom. The number of carboxylic acids is 1. The van der Waals surface area contributed by atoms with E-state index in [9.17, 15) is 14.9 Å². The molecule has 0 spiro atoms. The van der Waals surface area contributed by atoms with Crippen molar-refractivity contribution in [2.45, 2.75) is 6.92 Å². The molecule has 2 aromatic rings. The highest BCUT2D eigenvalue weighted by atomic mass is 35.5. The van der Waals surface area contributed by atoms with E-state index in [1.165, 1.54) is 18.2 Å². The minimum Gasteiger partial charge on any atom is -0.478 e. The van der Waals surface area contributed by atoms with Crippen molar-refractivity contribution in [1.82, 2.24) is 4.98 Å². The summed E-state index contributed by atoms with van der Waals surface area (Å²) in [5, 5.41) is 20.1. The molecule has 0 saturated heterocycles. The van der Waals surface area contributed by atoms with E-state index in [0.29, 0.717) is 5.56 Å². The Labute approximate surface area is 106 Å². The molecule has 0 atom stereocenters. The first-order valence-electron chi connectivity index (χ1n) is 4.88. The predicted molar refractivity (Wildman–Crippen MR) is 65.1 cm³/mol. The van der Waals surface area contributed by atoms with Gasteiger partial charge in [-0.1, -0.05) is 11.6 Å². The van der Waals surface area contributed by atoms with Gasteiger partial charge in [-0.2, -0.15) is 0 Å². The maximum atomic E-state index is 11.1. The second-order valence-corrected chi connectivity index (χ2v) is 4.12. The lowest BCUT2D eigenvalue weighted by molar-refractivity contribution is -0.383. The zero-order valence-corrected chi connectivity index (χ0v) is 9.93. The van der Waals surface area contributed by atoms with Crippen LogP contribution in [-0.2, 0) is 0 Å². The minimum atomic E-state index is -1.20. The molecular formula is C11H7ClN2O4. The molecular weight excluding hydrogens is 260 g/mol. The Kier molecular flexibility index (Phi) is 2.88. The molecule has 6 nitrogen and oxygen atoms in total. The third-order valence-corrected chi connectivity index (χ3v) is 2.63. The SMILES string of the molecule is Cc1cc([N+](=O)[O-])c2nc(Cl)cc(C(=O)O)c2c1. The molecule has 1 N–H and O–H groups in total. The van der Waals surface area contributed by atoms with Crippen LogP contribution in [0, 0.1) is 17.0 Å². The summed E-state index contributed by atoms with van der Waals surface area (Å²) in [4.78, 5) is 25.3. The number of carbonyl (C=O) groups is 1. The number of hydrogen-bond acceptors (Lipinski definition) is 4. The number of nitrogens with zero attached hydrogens (tertiary/aromatic N) is 2. The standard InChI is InChI=1S/C11H7ClN2O4/c1-5-2-6-7(11(15)16)4-9(12)13-10(6)8(3-5)14(17)18/h2-4H,1H3,(H,15,16). The minimum absolute atomic E-state index is 0.0181. The Balaban J connectivity index is 2.98. The number of benzene rings is 1. The van der Waals surface area contributed by atoms with Gasteiger partial charge in [-0.15, -0.1) is 0 Å². The zero-order chi connectivity index (χ0) is 13.4. The number of carboxylic acid groups (broad SMARTS) is 1. The maximum absolute atomic E-state index is 11.1. The highest BCUT2D eigenvalue weighted by Gasteiger charge is 2.20. The van der Waals surface area contributed by atoms with E-state index in [1.54, 1.807) is 6.92 Å². The fraction of sp³-hybridized carbons (Fsp3) is 0.0909. The zero-order valence-electron chi connectivity index (χ0n) is 9.18. The number of nitro groups is 1. The van der Waals surface area contributed by atoms with Gasteiger partial charge in [0.25, 0.3) is 5.69 Å². The molecule has 1 aromatic carbocycles. The van der Waals surface area contributed by atoms with Gasteiger partial charge in [0, 0.05) is 11.5 Å². The van der Waals surface area contributed by atoms with Crippen LogP contribution in [0.3, 0.4) is 0 Å². The number of hydrogen-bond donors (Lipinski definition) is 1. The molecule has 0 bridgehead atoms. The summed E-state index contributed by atoms with van der Waals surface area (Å²) in [6.45, 7) is 1.65. The van der Waals surface area contributed by atoms with Gasteiger partial charge >= 0.3 is 5.97 Å². The average Bonchev–Trinajstić information content (AvgIpc) is 2.27. The quantitative estimate of drug-likeness (QED) is 0.512. The Bertz CT molecular complexity index is 625. The molecule has 0 amide bonds. The van der Waals surface area contributed by atoms with Gasteiger partial charge in [-0.05, 0) is 24.6 Å². The highest BCUT2D eigenvalue weighted by molar-refractivity contribution is 6.30. The van der Waals surface area contributed by atoms with Crippen molar-refractivity contribution in [2.75, 3.05) is 0 Å². The number of non-ortho nitro benzene ring substituents is 1. The fourth-order valence-corrected chi connectivity index (χ4v) is 1.93. The Morgan fingerprint density at radius 2 is 2.11 bits per heavy atom. The van der Waals surface area contributed by atoms with Gasteiger partial charge in [-0.25, -0.2) is 9.78 Å². The fourth-order valence-electron chi connectivity index (χ4n) is 1.73. The first-order valence-corrected chi connectivity index (χ1v) is 5.26. The van der Waals surface area contributed by atoms with Crippen molar-refractivity contribution in [1.29, 1.82) is 0 Å². The van der Waals surface area contributed by atoms with Gasteiger partial charge < -0.3 is 5.11 Å². The number of rotatable bonds is 2. The summed E-state index contributed by atoms with van der Waals surface area (Å²) in [6, 6.07) is 4.04. The van der Waals surface area contributed by atoms with Crippen molar-refractivity contribution >= 4 is 34.2 Å². The molecule has 1 heterocycles. The average molecular weight is 267 g/mol. The topological polar surface area (TPSA) is 93.3 Å². The second-order valence-electron chi connectivity index (χ2n) is 3.74. The van der Waals surface area contributed by atoms with Crippen LogP contribution in [0.5, 0.6) is 0 Å². The van der Waals surface area contributed by atoms with Crippen molar-refractivity contribution in [2.24, 2.45) is 0 Å². The van der Waals surface area contributed by atoms with Crippen LogP contribution in [-0.4, -0.2) is 21.0 Å².